The maximum Gasteiger partial charge on any atom is 0.270 e. The van der Waals surface area contributed by atoms with Gasteiger partial charge >= 0.3 is 0 Å². The summed E-state index contributed by atoms with van der Waals surface area (Å²) in [6.45, 7) is 1.93. The number of carbonyl (C=O) groups excluding carboxylic acids is 1. The number of fused-ring (bicyclic) bond motifs is 1. The maximum absolute atomic E-state index is 12.6. The molecule has 0 aliphatic rings. The summed E-state index contributed by atoms with van der Waals surface area (Å²) in [5.74, 6) is 0.663. The average molecular weight is 303 g/mol. The lowest BCUT2D eigenvalue weighted by Crippen LogP contribution is -2.29. The molecule has 0 saturated heterocycles. The molecule has 1 aromatic carbocycles. The molecule has 0 radical (unpaired) electrons. The van der Waals surface area contributed by atoms with Gasteiger partial charge in [-0.25, -0.2) is 0 Å². The summed E-state index contributed by atoms with van der Waals surface area (Å²) in [5, 5.41) is 1.57. The van der Waals surface area contributed by atoms with E-state index in [-0.39, 0.29) is 11.9 Å². The summed E-state index contributed by atoms with van der Waals surface area (Å²) >= 11 is 5.97. The molecule has 2 heterocycles. The molecule has 0 aliphatic heterocycles. The van der Waals surface area contributed by atoms with E-state index in [0.29, 0.717) is 10.7 Å². The van der Waals surface area contributed by atoms with Crippen LogP contribution in [0.3, 0.4) is 0 Å². The highest BCUT2D eigenvalue weighted by Gasteiger charge is 2.22. The lowest BCUT2D eigenvalue weighted by atomic mass is 10.2. The van der Waals surface area contributed by atoms with Crippen molar-refractivity contribution in [2.24, 2.45) is 0 Å². The summed E-state index contributed by atoms with van der Waals surface area (Å²) in [5.41, 5.74) is 1.43. The van der Waals surface area contributed by atoms with Gasteiger partial charge in [0.25, 0.3) is 5.91 Å². The topological polar surface area (TPSA) is 49.2 Å². The molecule has 0 saturated carbocycles. The van der Waals surface area contributed by atoms with Crippen molar-refractivity contribution in [3.8, 4) is 0 Å². The minimum atomic E-state index is -0.137. The Hall–Kier alpha value is -2.20. The predicted octanol–water partition coefficient (Wildman–Crippen LogP) is 4.25. The summed E-state index contributed by atoms with van der Waals surface area (Å²) in [4.78, 5) is 17.3. The molecule has 1 N–H and O–H groups in total. The summed E-state index contributed by atoms with van der Waals surface area (Å²) in [6, 6.07) is 10.8. The van der Waals surface area contributed by atoms with E-state index in [9.17, 15) is 4.79 Å². The Morgan fingerprint density at radius 2 is 2.14 bits per heavy atom. The second-order valence-corrected chi connectivity index (χ2v) is 5.46. The zero-order chi connectivity index (χ0) is 15.0. The third-order valence-corrected chi connectivity index (χ3v) is 3.90. The van der Waals surface area contributed by atoms with Crippen molar-refractivity contribution >= 4 is 28.4 Å². The highest BCUT2D eigenvalue weighted by molar-refractivity contribution is 6.31. The Balaban J connectivity index is 1.89. The lowest BCUT2D eigenvalue weighted by Gasteiger charge is -2.22. The second kappa shape index (κ2) is 5.30. The lowest BCUT2D eigenvalue weighted by molar-refractivity contribution is 0.0721. The molecule has 4 nitrogen and oxygen atoms in total. The van der Waals surface area contributed by atoms with E-state index < -0.39 is 0 Å². The first-order chi connectivity index (χ1) is 10.1. The van der Waals surface area contributed by atoms with E-state index in [1.165, 1.54) is 0 Å². The largest absolute Gasteiger partial charge is 0.467 e. The number of nitrogens with zero attached hydrogens (tertiary/aromatic N) is 1. The second-order valence-electron chi connectivity index (χ2n) is 5.02. The van der Waals surface area contributed by atoms with Crippen LogP contribution in [0.2, 0.25) is 5.02 Å². The van der Waals surface area contributed by atoms with Crippen LogP contribution in [0, 0.1) is 0 Å². The fourth-order valence-electron chi connectivity index (χ4n) is 2.30. The molecule has 108 valence electrons. The van der Waals surface area contributed by atoms with Crippen molar-refractivity contribution in [1.29, 1.82) is 0 Å². The number of hydrogen-bond donors (Lipinski definition) is 1. The quantitative estimate of drug-likeness (QED) is 0.786. The van der Waals surface area contributed by atoms with E-state index in [2.05, 4.69) is 4.98 Å². The van der Waals surface area contributed by atoms with Crippen molar-refractivity contribution in [2.45, 2.75) is 13.0 Å². The van der Waals surface area contributed by atoms with E-state index in [4.69, 9.17) is 16.0 Å². The van der Waals surface area contributed by atoms with E-state index >= 15 is 0 Å². The highest BCUT2D eigenvalue weighted by Crippen LogP contribution is 2.24. The van der Waals surface area contributed by atoms with Gasteiger partial charge in [0.15, 0.2) is 0 Å². The van der Waals surface area contributed by atoms with Crippen molar-refractivity contribution in [3.05, 3.63) is 59.1 Å². The molecule has 0 aliphatic carbocycles. The number of aromatic amines is 1. The number of nitrogens with one attached hydrogen (secondary N) is 1. The molecular formula is C16H15ClN2O2. The Bertz CT molecular complexity index is 777. The Labute approximate surface area is 127 Å². The van der Waals surface area contributed by atoms with Crippen LogP contribution < -0.4 is 0 Å². The van der Waals surface area contributed by atoms with Crippen LogP contribution in [-0.4, -0.2) is 22.8 Å². The summed E-state index contributed by atoms with van der Waals surface area (Å²) < 4.78 is 5.36. The molecule has 1 unspecified atom stereocenters. The predicted molar refractivity (Wildman–Crippen MR) is 82.5 cm³/mol. The van der Waals surface area contributed by atoms with Gasteiger partial charge in [0.2, 0.25) is 0 Å². The van der Waals surface area contributed by atoms with Crippen molar-refractivity contribution in [2.75, 3.05) is 7.05 Å². The Kier molecular flexibility index (Phi) is 3.47. The standard InChI is InChI=1S/C16H15ClN2O2/c1-10(15-4-3-7-21-15)19(2)16(20)14-9-11-8-12(17)5-6-13(11)18-14/h3-10,18H,1-2H3. The number of halogens is 1. The molecule has 1 atom stereocenters. The van der Waals surface area contributed by atoms with Gasteiger partial charge < -0.3 is 14.3 Å². The first kappa shape index (κ1) is 13.8. The van der Waals surface area contributed by atoms with Gasteiger partial charge in [-0.3, -0.25) is 4.79 Å². The van der Waals surface area contributed by atoms with Gasteiger partial charge in [-0.1, -0.05) is 11.6 Å². The minimum absolute atomic E-state index is 0.0915. The van der Waals surface area contributed by atoms with Crippen LogP contribution >= 0.6 is 11.6 Å². The number of hydrogen-bond acceptors (Lipinski definition) is 2. The van der Waals surface area contributed by atoms with Gasteiger partial charge in [0.05, 0.1) is 12.3 Å². The van der Waals surface area contributed by atoms with Crippen molar-refractivity contribution < 1.29 is 9.21 Å². The van der Waals surface area contributed by atoms with Crippen LogP contribution in [-0.2, 0) is 0 Å². The molecule has 3 aromatic rings. The van der Waals surface area contributed by atoms with E-state index in [1.807, 2.05) is 37.3 Å². The fourth-order valence-corrected chi connectivity index (χ4v) is 2.48. The molecule has 0 fully saturated rings. The number of H-pyrrole nitrogens is 1. The third-order valence-electron chi connectivity index (χ3n) is 3.67. The van der Waals surface area contributed by atoms with Gasteiger partial charge in [0.1, 0.15) is 11.5 Å². The summed E-state index contributed by atoms with van der Waals surface area (Å²) in [7, 11) is 1.76. The average Bonchev–Trinajstić information content (AvgIpc) is 3.13. The number of aromatic nitrogens is 1. The first-order valence-electron chi connectivity index (χ1n) is 6.65. The van der Waals surface area contributed by atoms with Gasteiger partial charge in [-0.05, 0) is 43.3 Å². The van der Waals surface area contributed by atoms with E-state index in [0.717, 1.165) is 16.7 Å². The van der Waals surface area contributed by atoms with Gasteiger partial charge in [-0.2, -0.15) is 0 Å². The van der Waals surface area contributed by atoms with Gasteiger partial charge in [0, 0.05) is 23.0 Å². The smallest absolute Gasteiger partial charge is 0.270 e. The van der Waals surface area contributed by atoms with Crippen LogP contribution in [0.25, 0.3) is 10.9 Å². The van der Waals surface area contributed by atoms with Crippen LogP contribution in [0.1, 0.15) is 29.2 Å². The number of furan rings is 1. The first-order valence-corrected chi connectivity index (χ1v) is 7.03. The van der Waals surface area contributed by atoms with E-state index in [1.54, 1.807) is 24.3 Å². The molecular weight excluding hydrogens is 288 g/mol. The monoisotopic (exact) mass is 302 g/mol. The molecule has 0 spiro atoms. The SMILES string of the molecule is CC(c1ccco1)N(C)C(=O)c1cc2cc(Cl)ccc2[nH]1. The zero-order valence-corrected chi connectivity index (χ0v) is 12.5. The highest BCUT2D eigenvalue weighted by atomic mass is 35.5. The van der Waals surface area contributed by atoms with Crippen LogP contribution in [0.5, 0.6) is 0 Å². The Morgan fingerprint density at radius 1 is 1.33 bits per heavy atom. The number of benzene rings is 1. The maximum atomic E-state index is 12.6. The van der Waals surface area contributed by atoms with Crippen LogP contribution in [0.15, 0.2) is 47.1 Å². The van der Waals surface area contributed by atoms with Gasteiger partial charge in [-0.15, -0.1) is 0 Å². The molecule has 1 amide bonds. The zero-order valence-electron chi connectivity index (χ0n) is 11.8. The molecule has 2 aromatic heterocycles. The Morgan fingerprint density at radius 3 is 2.86 bits per heavy atom. The molecule has 3 rings (SSSR count). The third kappa shape index (κ3) is 2.54. The number of rotatable bonds is 3. The van der Waals surface area contributed by atoms with Crippen molar-refractivity contribution in [1.82, 2.24) is 9.88 Å². The minimum Gasteiger partial charge on any atom is -0.467 e. The summed E-state index contributed by atoms with van der Waals surface area (Å²) in [6.07, 6.45) is 1.61. The number of carbonyl (C=O) groups is 1. The normalized spacial score (nSPS) is 12.5. The van der Waals surface area contributed by atoms with Crippen molar-refractivity contribution in [3.63, 3.8) is 0 Å². The molecule has 5 heteroatoms. The molecule has 21 heavy (non-hydrogen) atoms. The van der Waals surface area contributed by atoms with Crippen LogP contribution in [0.4, 0.5) is 0 Å². The number of amides is 1. The molecule has 0 bridgehead atoms. The fraction of sp³-hybridized carbons (Fsp3) is 0.188.